The van der Waals surface area contributed by atoms with Crippen molar-refractivity contribution in [2.24, 2.45) is 0 Å². The fourth-order valence-corrected chi connectivity index (χ4v) is 5.52. The lowest BCUT2D eigenvalue weighted by Crippen LogP contribution is -2.48. The van der Waals surface area contributed by atoms with Crippen molar-refractivity contribution in [3.05, 3.63) is 46.8 Å². The monoisotopic (exact) mass is 437 g/mol. The minimum Gasteiger partial charge on any atom is -0.373 e. The van der Waals surface area contributed by atoms with Gasteiger partial charge < -0.3 is 15.4 Å². The van der Waals surface area contributed by atoms with E-state index >= 15 is 0 Å². The Balaban J connectivity index is 1.75. The molecule has 0 aliphatic carbocycles. The van der Waals surface area contributed by atoms with E-state index in [0.717, 1.165) is 0 Å². The molecule has 0 spiro atoms. The first-order valence-electron chi connectivity index (χ1n) is 9.09. The second-order valence-corrected chi connectivity index (χ2v) is 9.65. The molecule has 2 heterocycles. The van der Waals surface area contributed by atoms with Gasteiger partial charge in [-0.1, -0.05) is 0 Å². The maximum Gasteiger partial charge on any atom is 0.256 e. The Morgan fingerprint density at radius 3 is 2.28 bits per heavy atom. The van der Waals surface area contributed by atoms with Gasteiger partial charge in [-0.15, -0.1) is 11.3 Å². The van der Waals surface area contributed by atoms with Crippen molar-refractivity contribution in [1.82, 2.24) is 9.62 Å². The molecule has 29 heavy (non-hydrogen) atoms. The van der Waals surface area contributed by atoms with Crippen molar-refractivity contribution in [3.8, 4) is 0 Å². The van der Waals surface area contributed by atoms with Gasteiger partial charge in [0.05, 0.1) is 22.7 Å². The Hall–Kier alpha value is -2.27. The molecule has 1 fully saturated rings. The van der Waals surface area contributed by atoms with Gasteiger partial charge in [0.15, 0.2) is 0 Å². The smallest absolute Gasteiger partial charge is 0.256 e. The van der Waals surface area contributed by atoms with E-state index in [4.69, 9.17) is 4.74 Å². The highest BCUT2D eigenvalue weighted by Gasteiger charge is 2.32. The number of benzene rings is 1. The van der Waals surface area contributed by atoms with Gasteiger partial charge in [0.25, 0.3) is 11.8 Å². The summed E-state index contributed by atoms with van der Waals surface area (Å²) in [7, 11) is -2.16. The van der Waals surface area contributed by atoms with Crippen molar-refractivity contribution < 1.29 is 22.7 Å². The van der Waals surface area contributed by atoms with Gasteiger partial charge in [-0.05, 0) is 49.6 Å². The number of ether oxygens (including phenoxy) is 1. The number of carbonyl (C=O) groups is 2. The van der Waals surface area contributed by atoms with E-state index in [9.17, 15) is 18.0 Å². The minimum atomic E-state index is -3.67. The van der Waals surface area contributed by atoms with Gasteiger partial charge in [-0.3, -0.25) is 9.59 Å². The molecule has 0 saturated carbocycles. The summed E-state index contributed by atoms with van der Waals surface area (Å²) in [6.45, 7) is 4.25. The van der Waals surface area contributed by atoms with Gasteiger partial charge in [-0.2, -0.15) is 4.31 Å². The van der Waals surface area contributed by atoms with Crippen LogP contribution in [0.1, 0.15) is 34.6 Å². The van der Waals surface area contributed by atoms with Crippen molar-refractivity contribution in [2.75, 3.05) is 25.5 Å². The molecule has 10 heteroatoms. The predicted molar refractivity (Wildman–Crippen MR) is 111 cm³/mol. The van der Waals surface area contributed by atoms with Crippen LogP contribution >= 0.6 is 11.3 Å². The molecule has 1 aromatic carbocycles. The third kappa shape index (κ3) is 4.67. The second kappa shape index (κ2) is 8.62. The Morgan fingerprint density at radius 2 is 1.69 bits per heavy atom. The fraction of sp³-hybridized carbons (Fsp3) is 0.368. The maximum atomic E-state index is 12.9. The minimum absolute atomic E-state index is 0.123. The number of hydrogen-bond donors (Lipinski definition) is 2. The van der Waals surface area contributed by atoms with E-state index in [1.165, 1.54) is 47.0 Å². The zero-order chi connectivity index (χ0) is 21.2. The molecule has 2 aromatic rings. The van der Waals surface area contributed by atoms with Crippen LogP contribution < -0.4 is 10.6 Å². The Labute approximate surface area is 173 Å². The number of thiophene rings is 1. The molecule has 2 unspecified atom stereocenters. The molecule has 2 atom stereocenters. The van der Waals surface area contributed by atoms with Crippen LogP contribution in [0.4, 0.5) is 5.00 Å². The first kappa shape index (κ1) is 21.4. The largest absolute Gasteiger partial charge is 0.373 e. The van der Waals surface area contributed by atoms with Gasteiger partial charge in [0, 0.05) is 25.7 Å². The Morgan fingerprint density at radius 1 is 1.07 bits per heavy atom. The molecule has 0 radical (unpaired) electrons. The molecule has 3 rings (SSSR count). The van der Waals surface area contributed by atoms with E-state index in [0.29, 0.717) is 16.1 Å². The van der Waals surface area contributed by atoms with E-state index in [-0.39, 0.29) is 36.1 Å². The summed E-state index contributed by atoms with van der Waals surface area (Å²) in [5.41, 5.74) is 0.671. The number of nitrogens with zero attached hydrogens (tertiary/aromatic N) is 1. The van der Waals surface area contributed by atoms with E-state index < -0.39 is 15.9 Å². The van der Waals surface area contributed by atoms with Crippen LogP contribution in [-0.2, 0) is 14.8 Å². The summed E-state index contributed by atoms with van der Waals surface area (Å²) < 4.78 is 32.8. The van der Waals surface area contributed by atoms with Gasteiger partial charge in [0.1, 0.15) is 5.00 Å². The first-order chi connectivity index (χ1) is 13.7. The summed E-state index contributed by atoms with van der Waals surface area (Å²) in [6, 6.07) is 7.39. The van der Waals surface area contributed by atoms with Crippen LogP contribution in [0.2, 0.25) is 0 Å². The third-order valence-electron chi connectivity index (χ3n) is 4.50. The first-order valence-corrected chi connectivity index (χ1v) is 11.4. The molecule has 2 amide bonds. The number of rotatable bonds is 5. The number of morpholine rings is 1. The highest BCUT2D eigenvalue weighted by molar-refractivity contribution is 7.89. The van der Waals surface area contributed by atoms with Gasteiger partial charge in [-0.25, -0.2) is 8.42 Å². The van der Waals surface area contributed by atoms with Crippen molar-refractivity contribution in [3.63, 3.8) is 0 Å². The summed E-state index contributed by atoms with van der Waals surface area (Å²) >= 11 is 1.24. The molecule has 156 valence electrons. The molecule has 2 N–H and O–H groups in total. The lowest BCUT2D eigenvalue weighted by molar-refractivity contribution is -0.0440. The second-order valence-electron chi connectivity index (χ2n) is 6.80. The van der Waals surface area contributed by atoms with E-state index in [2.05, 4.69) is 10.6 Å². The Bertz CT molecular complexity index is 991. The van der Waals surface area contributed by atoms with Crippen molar-refractivity contribution in [1.29, 1.82) is 0 Å². The molecule has 0 bridgehead atoms. The predicted octanol–water partition coefficient (Wildman–Crippen LogP) is 2.16. The summed E-state index contributed by atoms with van der Waals surface area (Å²) in [5, 5.41) is 7.36. The Kier molecular flexibility index (Phi) is 6.37. The fourth-order valence-electron chi connectivity index (χ4n) is 3.15. The standard InChI is InChI=1S/C19H23N3O5S2/c1-12-10-22(11-13(2)27-12)29(25,26)15-6-4-14(5-7-15)17(23)21-19-16(8-9-28-19)18(24)20-3/h4-9,12-13H,10-11H2,1-3H3,(H,20,24)(H,21,23). The van der Waals surface area contributed by atoms with Crippen molar-refractivity contribution >= 4 is 38.2 Å². The van der Waals surface area contributed by atoms with Gasteiger partial charge in [0.2, 0.25) is 10.0 Å². The average Bonchev–Trinajstić information content (AvgIpc) is 3.14. The number of anilines is 1. The topological polar surface area (TPSA) is 105 Å². The highest BCUT2D eigenvalue weighted by Crippen LogP contribution is 2.25. The SMILES string of the molecule is CNC(=O)c1ccsc1NC(=O)c1ccc(S(=O)(=O)N2CC(C)OC(C)C2)cc1. The number of hydrogen-bond acceptors (Lipinski definition) is 6. The van der Waals surface area contributed by atoms with E-state index in [1.807, 2.05) is 13.8 Å². The summed E-state index contributed by atoms with van der Waals surface area (Å²) in [4.78, 5) is 24.5. The zero-order valence-electron chi connectivity index (χ0n) is 16.3. The van der Waals surface area contributed by atoms with Crippen LogP contribution in [0.15, 0.2) is 40.6 Å². The van der Waals surface area contributed by atoms with Crippen LogP contribution in [0.3, 0.4) is 0 Å². The molecule has 1 aliphatic heterocycles. The lowest BCUT2D eigenvalue weighted by atomic mass is 10.2. The molecular formula is C19H23N3O5S2. The van der Waals surface area contributed by atoms with E-state index in [1.54, 1.807) is 11.4 Å². The summed E-state index contributed by atoms with van der Waals surface area (Å²) in [6.07, 6.45) is -0.363. The molecule has 1 aliphatic rings. The van der Waals surface area contributed by atoms with Crippen LogP contribution in [0.25, 0.3) is 0 Å². The van der Waals surface area contributed by atoms with Crippen molar-refractivity contribution in [2.45, 2.75) is 31.0 Å². The maximum absolute atomic E-state index is 12.9. The molecule has 1 saturated heterocycles. The molecule has 8 nitrogen and oxygen atoms in total. The number of sulfonamides is 1. The van der Waals surface area contributed by atoms with Gasteiger partial charge >= 0.3 is 0 Å². The van der Waals surface area contributed by atoms with Crippen LogP contribution in [-0.4, -0.2) is 56.9 Å². The molecule has 1 aromatic heterocycles. The number of amides is 2. The normalized spacial score (nSPS) is 20.2. The van der Waals surface area contributed by atoms with Crippen LogP contribution in [0, 0.1) is 0 Å². The number of nitrogens with one attached hydrogen (secondary N) is 2. The average molecular weight is 438 g/mol. The third-order valence-corrected chi connectivity index (χ3v) is 7.18. The molecular weight excluding hydrogens is 414 g/mol. The lowest BCUT2D eigenvalue weighted by Gasteiger charge is -2.34. The summed E-state index contributed by atoms with van der Waals surface area (Å²) in [5.74, 6) is -0.716. The quantitative estimate of drug-likeness (QED) is 0.746. The number of carbonyl (C=O) groups excluding carboxylic acids is 2. The zero-order valence-corrected chi connectivity index (χ0v) is 18.0. The van der Waals surface area contributed by atoms with Crippen LogP contribution in [0.5, 0.6) is 0 Å². The highest BCUT2D eigenvalue weighted by atomic mass is 32.2.